The molecule has 5 rings (SSSR count). The molecule has 0 saturated heterocycles. The van der Waals surface area contributed by atoms with Crippen LogP contribution in [0.5, 0.6) is 0 Å². The molecule has 0 saturated carbocycles. The van der Waals surface area contributed by atoms with Gasteiger partial charge in [-0.2, -0.15) is 0 Å². The zero-order chi connectivity index (χ0) is 23.8. The van der Waals surface area contributed by atoms with Crippen molar-refractivity contribution in [2.45, 2.75) is 19.9 Å². The van der Waals surface area contributed by atoms with E-state index in [0.29, 0.717) is 28.0 Å². The Morgan fingerprint density at radius 1 is 1.03 bits per heavy atom. The van der Waals surface area contributed by atoms with Gasteiger partial charge in [0.25, 0.3) is 0 Å². The lowest BCUT2D eigenvalue weighted by molar-refractivity contribution is 0.0602. The van der Waals surface area contributed by atoms with Crippen LogP contribution in [0.4, 0.5) is 5.69 Å². The highest BCUT2D eigenvalue weighted by atomic mass is 16.5. The maximum atomic E-state index is 13.1. The van der Waals surface area contributed by atoms with E-state index in [2.05, 4.69) is 10.3 Å². The maximum absolute atomic E-state index is 13.1. The molecule has 0 spiro atoms. The average Bonchev–Trinajstić information content (AvgIpc) is 3.28. The highest BCUT2D eigenvalue weighted by Crippen LogP contribution is 2.32. The molecule has 5 aromatic rings. The molecular weight excluding hydrogens is 428 g/mol. The van der Waals surface area contributed by atoms with E-state index in [1.165, 1.54) is 13.2 Å². The zero-order valence-electron chi connectivity index (χ0n) is 19.1. The molecule has 0 radical (unpaired) electrons. The van der Waals surface area contributed by atoms with Gasteiger partial charge in [-0.25, -0.2) is 4.79 Å². The summed E-state index contributed by atoms with van der Waals surface area (Å²) in [7, 11) is 1.36. The number of carbonyl (C=O) groups is 1. The van der Waals surface area contributed by atoms with Crippen molar-refractivity contribution in [3.05, 3.63) is 99.7 Å². The molecule has 2 aromatic heterocycles. The second-order valence-corrected chi connectivity index (χ2v) is 8.38. The minimum atomic E-state index is -0.419. The largest absolute Gasteiger partial charge is 0.465 e. The molecule has 0 amide bonds. The summed E-state index contributed by atoms with van der Waals surface area (Å²) in [5, 5.41) is 4.95. The van der Waals surface area contributed by atoms with Gasteiger partial charge in [-0.1, -0.05) is 36.4 Å². The van der Waals surface area contributed by atoms with Gasteiger partial charge >= 0.3 is 5.97 Å². The maximum Gasteiger partial charge on any atom is 0.339 e. The Balaban J connectivity index is 1.62. The fourth-order valence-electron chi connectivity index (χ4n) is 4.30. The standard InChI is InChI=1S/C28H24N2O4/c1-16-12-20(17(2)29-23-11-7-5-9-19(23)28(32)33-3)27-21(13-16)25(31)15-26(34-27)24-14-18-8-4-6-10-22(18)30-24/h4-15,17,29-30H,1-3H3. The molecule has 1 unspecified atom stereocenters. The average molecular weight is 453 g/mol. The molecule has 170 valence electrons. The first-order chi connectivity index (χ1) is 16.4. The third-order valence-corrected chi connectivity index (χ3v) is 5.97. The lowest BCUT2D eigenvalue weighted by atomic mass is 10.0. The number of hydrogen-bond donors (Lipinski definition) is 2. The van der Waals surface area contributed by atoms with Crippen LogP contribution in [0.1, 0.15) is 34.5 Å². The molecule has 0 fully saturated rings. The van der Waals surface area contributed by atoms with Crippen molar-refractivity contribution in [2.24, 2.45) is 0 Å². The Labute approximate surface area is 196 Å². The molecule has 2 N–H and O–H groups in total. The molecular formula is C28H24N2O4. The van der Waals surface area contributed by atoms with E-state index < -0.39 is 5.97 Å². The number of aromatic amines is 1. The number of benzene rings is 3. The lowest BCUT2D eigenvalue weighted by Gasteiger charge is -2.19. The van der Waals surface area contributed by atoms with E-state index in [-0.39, 0.29) is 11.5 Å². The normalized spacial score (nSPS) is 12.1. The summed E-state index contributed by atoms with van der Waals surface area (Å²) in [6.07, 6.45) is 0. The number of aryl methyl sites for hydroxylation is 1. The Bertz CT molecular complexity index is 1560. The molecule has 1 atom stereocenters. The van der Waals surface area contributed by atoms with Crippen LogP contribution in [0, 0.1) is 6.92 Å². The summed E-state index contributed by atoms with van der Waals surface area (Å²) in [5.74, 6) is 0.0537. The Hall–Kier alpha value is -4.32. The van der Waals surface area contributed by atoms with E-state index in [4.69, 9.17) is 9.15 Å². The summed E-state index contributed by atoms with van der Waals surface area (Å²) in [6, 6.07) is 22.2. The molecule has 0 bridgehead atoms. The number of nitrogens with one attached hydrogen (secondary N) is 2. The fraction of sp³-hybridized carbons (Fsp3) is 0.143. The predicted octanol–water partition coefficient (Wildman–Crippen LogP) is 6.21. The third-order valence-electron chi connectivity index (χ3n) is 5.97. The molecule has 0 aliphatic heterocycles. The van der Waals surface area contributed by atoms with Crippen LogP contribution in [0.3, 0.4) is 0 Å². The van der Waals surface area contributed by atoms with Crippen LogP contribution < -0.4 is 10.7 Å². The number of methoxy groups -OCH3 is 1. The smallest absolute Gasteiger partial charge is 0.339 e. The summed E-state index contributed by atoms with van der Waals surface area (Å²) in [5.41, 5.74) is 4.97. The van der Waals surface area contributed by atoms with Crippen LogP contribution in [-0.4, -0.2) is 18.1 Å². The topological polar surface area (TPSA) is 84.3 Å². The van der Waals surface area contributed by atoms with Crippen molar-refractivity contribution in [3.8, 4) is 11.5 Å². The molecule has 0 aliphatic carbocycles. The third kappa shape index (κ3) is 3.83. The number of hydrogen-bond acceptors (Lipinski definition) is 5. The highest BCUT2D eigenvalue weighted by molar-refractivity contribution is 5.95. The van der Waals surface area contributed by atoms with Crippen molar-refractivity contribution in [2.75, 3.05) is 12.4 Å². The monoisotopic (exact) mass is 452 g/mol. The van der Waals surface area contributed by atoms with Gasteiger partial charge < -0.3 is 19.5 Å². The number of esters is 1. The van der Waals surface area contributed by atoms with Crippen molar-refractivity contribution < 1.29 is 13.9 Å². The van der Waals surface area contributed by atoms with Crippen molar-refractivity contribution >= 4 is 33.5 Å². The van der Waals surface area contributed by atoms with Gasteiger partial charge in [-0.3, -0.25) is 4.79 Å². The summed E-state index contributed by atoms with van der Waals surface area (Å²) in [4.78, 5) is 28.6. The number of H-pyrrole nitrogens is 1. The van der Waals surface area contributed by atoms with Gasteiger partial charge in [-0.15, -0.1) is 0 Å². The fourth-order valence-corrected chi connectivity index (χ4v) is 4.30. The quantitative estimate of drug-likeness (QED) is 0.310. The number of rotatable bonds is 5. The second kappa shape index (κ2) is 8.56. The minimum absolute atomic E-state index is 0.109. The Kier molecular flexibility index (Phi) is 5.42. The summed E-state index contributed by atoms with van der Waals surface area (Å²) >= 11 is 0. The summed E-state index contributed by atoms with van der Waals surface area (Å²) < 4.78 is 11.3. The van der Waals surface area contributed by atoms with Gasteiger partial charge in [0.1, 0.15) is 5.58 Å². The van der Waals surface area contributed by atoms with E-state index in [1.54, 1.807) is 12.1 Å². The van der Waals surface area contributed by atoms with Crippen LogP contribution in [-0.2, 0) is 4.74 Å². The molecule has 3 aromatic carbocycles. The van der Waals surface area contributed by atoms with E-state index in [1.807, 2.05) is 68.4 Å². The zero-order valence-corrected chi connectivity index (χ0v) is 19.1. The van der Waals surface area contributed by atoms with Crippen LogP contribution in [0.15, 0.2) is 82.0 Å². The molecule has 6 nitrogen and oxygen atoms in total. The number of anilines is 1. The van der Waals surface area contributed by atoms with Gasteiger partial charge in [-0.05, 0) is 49.7 Å². The number of fused-ring (bicyclic) bond motifs is 2. The molecule has 6 heteroatoms. The SMILES string of the molecule is COC(=O)c1ccccc1NC(C)c1cc(C)cc2c(=O)cc(-c3cc4ccccc4[nH]3)oc12. The number of aromatic nitrogens is 1. The van der Waals surface area contributed by atoms with Gasteiger partial charge in [0.2, 0.25) is 0 Å². The van der Waals surface area contributed by atoms with Gasteiger partial charge in [0.05, 0.1) is 29.8 Å². The molecule has 2 heterocycles. The first kappa shape index (κ1) is 21.5. The van der Waals surface area contributed by atoms with E-state index >= 15 is 0 Å². The molecule has 0 aliphatic rings. The Morgan fingerprint density at radius 2 is 1.79 bits per heavy atom. The van der Waals surface area contributed by atoms with Crippen LogP contribution >= 0.6 is 0 Å². The summed E-state index contributed by atoms with van der Waals surface area (Å²) in [6.45, 7) is 3.92. The van der Waals surface area contributed by atoms with Crippen molar-refractivity contribution in [3.63, 3.8) is 0 Å². The highest BCUT2D eigenvalue weighted by Gasteiger charge is 2.19. The first-order valence-electron chi connectivity index (χ1n) is 11.0. The Morgan fingerprint density at radius 3 is 2.59 bits per heavy atom. The minimum Gasteiger partial charge on any atom is -0.465 e. The van der Waals surface area contributed by atoms with Gasteiger partial charge in [0, 0.05) is 28.2 Å². The van der Waals surface area contributed by atoms with Gasteiger partial charge in [0.15, 0.2) is 11.2 Å². The lowest BCUT2D eigenvalue weighted by Crippen LogP contribution is -2.13. The van der Waals surface area contributed by atoms with E-state index in [9.17, 15) is 9.59 Å². The second-order valence-electron chi connectivity index (χ2n) is 8.38. The number of carbonyl (C=O) groups excluding carboxylic acids is 1. The van der Waals surface area contributed by atoms with Crippen LogP contribution in [0.25, 0.3) is 33.3 Å². The first-order valence-corrected chi connectivity index (χ1v) is 11.0. The molecule has 34 heavy (non-hydrogen) atoms. The van der Waals surface area contributed by atoms with Crippen molar-refractivity contribution in [1.29, 1.82) is 0 Å². The number of ether oxygens (including phenoxy) is 1. The van der Waals surface area contributed by atoms with Crippen molar-refractivity contribution in [1.82, 2.24) is 4.98 Å². The van der Waals surface area contributed by atoms with Crippen LogP contribution in [0.2, 0.25) is 0 Å². The predicted molar refractivity (Wildman–Crippen MR) is 134 cm³/mol. The number of para-hydroxylation sites is 2. The van der Waals surface area contributed by atoms with E-state index in [0.717, 1.165) is 27.7 Å².